The Labute approximate surface area is 158 Å². The Morgan fingerprint density at radius 3 is 2.65 bits per heavy atom. The van der Waals surface area contributed by atoms with Crippen LogP contribution in [0.1, 0.15) is 22.4 Å². The molecule has 0 saturated carbocycles. The third-order valence-electron chi connectivity index (χ3n) is 4.21. The van der Waals surface area contributed by atoms with E-state index in [9.17, 15) is 4.79 Å². The van der Waals surface area contributed by atoms with Gasteiger partial charge in [0.2, 0.25) is 0 Å². The van der Waals surface area contributed by atoms with E-state index in [-0.39, 0.29) is 6.03 Å². The number of nitrogens with zero attached hydrogens (tertiary/aromatic N) is 1. The summed E-state index contributed by atoms with van der Waals surface area (Å²) in [6.45, 7) is 1.93. The molecule has 2 aromatic heterocycles. The lowest BCUT2D eigenvalue weighted by Gasteiger charge is -2.22. The van der Waals surface area contributed by atoms with Crippen LogP contribution in [0.5, 0.6) is 0 Å². The normalized spacial score (nSPS) is 10.6. The Kier molecular flexibility index (Phi) is 6.90. The lowest BCUT2D eigenvalue weighted by Crippen LogP contribution is -2.41. The molecule has 26 heavy (non-hydrogen) atoms. The molecular formula is C21H24N2O2S. The molecule has 0 spiro atoms. The van der Waals surface area contributed by atoms with E-state index in [2.05, 4.69) is 28.9 Å². The van der Waals surface area contributed by atoms with E-state index in [1.54, 1.807) is 23.9 Å². The Bertz CT molecular complexity index is 755. The summed E-state index contributed by atoms with van der Waals surface area (Å²) in [5.41, 5.74) is 2.31. The van der Waals surface area contributed by atoms with E-state index >= 15 is 0 Å². The van der Waals surface area contributed by atoms with Gasteiger partial charge in [-0.1, -0.05) is 36.4 Å². The molecule has 1 N–H and O–H groups in total. The number of amides is 2. The minimum atomic E-state index is -0.0178. The van der Waals surface area contributed by atoms with Crippen molar-refractivity contribution in [1.29, 1.82) is 0 Å². The summed E-state index contributed by atoms with van der Waals surface area (Å²) >= 11 is 1.73. The zero-order valence-electron chi connectivity index (χ0n) is 14.8. The fourth-order valence-electron chi connectivity index (χ4n) is 2.80. The predicted molar refractivity (Wildman–Crippen MR) is 105 cm³/mol. The fraction of sp³-hybridized carbons (Fsp3) is 0.286. The zero-order valence-corrected chi connectivity index (χ0v) is 15.6. The van der Waals surface area contributed by atoms with Gasteiger partial charge < -0.3 is 14.6 Å². The second-order valence-corrected chi connectivity index (χ2v) is 7.24. The van der Waals surface area contributed by atoms with E-state index in [1.165, 1.54) is 10.4 Å². The maximum absolute atomic E-state index is 12.6. The highest BCUT2D eigenvalue weighted by Crippen LogP contribution is 2.12. The molecule has 0 aliphatic rings. The number of hydrogen-bond donors (Lipinski definition) is 1. The molecule has 2 heterocycles. The molecule has 0 atom stereocenters. The third-order valence-corrected chi connectivity index (χ3v) is 5.15. The van der Waals surface area contributed by atoms with Crippen LogP contribution in [0.25, 0.3) is 0 Å². The lowest BCUT2D eigenvalue weighted by atomic mass is 10.1. The van der Waals surface area contributed by atoms with Crippen LogP contribution in [0.4, 0.5) is 4.79 Å². The van der Waals surface area contributed by atoms with Crippen molar-refractivity contribution < 1.29 is 9.21 Å². The molecule has 0 unspecified atom stereocenters. The first-order valence-electron chi connectivity index (χ1n) is 8.91. The molecule has 2 amide bonds. The second kappa shape index (κ2) is 9.82. The Balaban J connectivity index is 1.48. The molecule has 0 saturated heterocycles. The van der Waals surface area contributed by atoms with E-state index < -0.39 is 0 Å². The first kappa shape index (κ1) is 18.3. The van der Waals surface area contributed by atoms with Crippen LogP contribution in [-0.2, 0) is 19.4 Å². The highest BCUT2D eigenvalue weighted by atomic mass is 32.1. The van der Waals surface area contributed by atoms with Crippen molar-refractivity contribution in [2.75, 3.05) is 13.1 Å². The van der Waals surface area contributed by atoms with Crippen molar-refractivity contribution in [3.63, 3.8) is 0 Å². The van der Waals surface area contributed by atoms with Gasteiger partial charge in [-0.25, -0.2) is 4.79 Å². The minimum Gasteiger partial charge on any atom is -0.472 e. The van der Waals surface area contributed by atoms with Gasteiger partial charge in [0, 0.05) is 23.5 Å². The van der Waals surface area contributed by atoms with Gasteiger partial charge >= 0.3 is 6.03 Å². The Morgan fingerprint density at radius 2 is 1.92 bits per heavy atom. The monoisotopic (exact) mass is 368 g/mol. The number of carbonyl (C=O) groups excluding carboxylic acids is 1. The number of nitrogens with one attached hydrogen (secondary N) is 1. The predicted octanol–water partition coefficient (Wildman–Crippen LogP) is 4.73. The standard InChI is InChI=1S/C21H24N2O2S/c24-21(22-12-4-8-18-6-2-1-3-7-18)23(16-19-11-14-25-17-19)13-10-20-9-5-15-26-20/h1-3,5-7,9,11,14-15,17H,4,8,10,12-13,16H2,(H,22,24). The number of thiophene rings is 1. The first-order valence-corrected chi connectivity index (χ1v) is 9.79. The maximum atomic E-state index is 12.6. The molecule has 0 radical (unpaired) electrons. The summed E-state index contributed by atoms with van der Waals surface area (Å²) in [6.07, 6.45) is 6.11. The van der Waals surface area contributed by atoms with Crippen molar-refractivity contribution in [2.45, 2.75) is 25.8 Å². The Morgan fingerprint density at radius 1 is 1.04 bits per heavy atom. The van der Waals surface area contributed by atoms with E-state index in [0.29, 0.717) is 19.6 Å². The largest absolute Gasteiger partial charge is 0.472 e. The summed E-state index contributed by atoms with van der Waals surface area (Å²) < 4.78 is 5.14. The Hall–Kier alpha value is -2.53. The number of carbonyl (C=O) groups is 1. The molecule has 0 aliphatic heterocycles. The molecule has 0 fully saturated rings. The average Bonchev–Trinajstić information content (AvgIpc) is 3.36. The molecule has 136 valence electrons. The molecule has 0 aliphatic carbocycles. The second-order valence-electron chi connectivity index (χ2n) is 6.20. The van der Waals surface area contributed by atoms with Crippen molar-refractivity contribution in [1.82, 2.24) is 10.2 Å². The van der Waals surface area contributed by atoms with E-state index in [4.69, 9.17) is 4.42 Å². The van der Waals surface area contributed by atoms with Gasteiger partial charge in [-0.05, 0) is 42.3 Å². The van der Waals surface area contributed by atoms with Crippen LogP contribution in [0.2, 0.25) is 0 Å². The smallest absolute Gasteiger partial charge is 0.317 e. The number of benzene rings is 1. The molecule has 1 aromatic carbocycles. The first-order chi connectivity index (χ1) is 12.8. The van der Waals surface area contributed by atoms with Crippen molar-refractivity contribution in [3.8, 4) is 0 Å². The SMILES string of the molecule is O=C(NCCCc1ccccc1)N(CCc1cccs1)Cc1ccoc1. The van der Waals surface area contributed by atoms with Crippen LogP contribution in [0.15, 0.2) is 70.9 Å². The van der Waals surface area contributed by atoms with Gasteiger partial charge in [-0.15, -0.1) is 11.3 Å². The van der Waals surface area contributed by atoms with Crippen molar-refractivity contribution >= 4 is 17.4 Å². The highest BCUT2D eigenvalue weighted by molar-refractivity contribution is 7.09. The molecule has 3 rings (SSSR count). The quantitative estimate of drug-likeness (QED) is 0.555. The maximum Gasteiger partial charge on any atom is 0.317 e. The van der Waals surface area contributed by atoms with Crippen LogP contribution in [0, 0.1) is 0 Å². The van der Waals surface area contributed by atoms with Gasteiger partial charge in [0.25, 0.3) is 0 Å². The number of furan rings is 1. The van der Waals surface area contributed by atoms with E-state index in [1.807, 2.05) is 35.2 Å². The van der Waals surface area contributed by atoms with Crippen LogP contribution < -0.4 is 5.32 Å². The summed E-state index contributed by atoms with van der Waals surface area (Å²) in [7, 11) is 0. The highest BCUT2D eigenvalue weighted by Gasteiger charge is 2.14. The molecule has 5 heteroatoms. The fourth-order valence-corrected chi connectivity index (χ4v) is 3.50. The van der Waals surface area contributed by atoms with Gasteiger partial charge in [0.1, 0.15) is 0 Å². The minimum absolute atomic E-state index is 0.0178. The summed E-state index contributed by atoms with van der Waals surface area (Å²) in [5, 5.41) is 5.12. The summed E-state index contributed by atoms with van der Waals surface area (Å²) in [5.74, 6) is 0. The molecule has 3 aromatic rings. The van der Waals surface area contributed by atoms with Gasteiger partial charge in [0.05, 0.1) is 19.1 Å². The summed E-state index contributed by atoms with van der Waals surface area (Å²) in [6, 6.07) is 16.4. The van der Waals surface area contributed by atoms with Crippen molar-refractivity contribution in [3.05, 3.63) is 82.4 Å². The van der Waals surface area contributed by atoms with Gasteiger partial charge in [0.15, 0.2) is 0 Å². The molecule has 4 nitrogen and oxygen atoms in total. The van der Waals surface area contributed by atoms with E-state index in [0.717, 1.165) is 24.8 Å². The van der Waals surface area contributed by atoms with Crippen LogP contribution in [0.3, 0.4) is 0 Å². The summed E-state index contributed by atoms with van der Waals surface area (Å²) in [4.78, 5) is 15.8. The van der Waals surface area contributed by atoms with Gasteiger partial charge in [-0.2, -0.15) is 0 Å². The number of urea groups is 1. The zero-order chi connectivity index (χ0) is 18.0. The molecule has 0 bridgehead atoms. The van der Waals surface area contributed by atoms with Gasteiger partial charge in [-0.3, -0.25) is 0 Å². The molecular weight excluding hydrogens is 344 g/mol. The van der Waals surface area contributed by atoms with Crippen molar-refractivity contribution in [2.24, 2.45) is 0 Å². The van der Waals surface area contributed by atoms with Crippen LogP contribution in [-0.4, -0.2) is 24.0 Å². The third kappa shape index (κ3) is 5.77. The number of hydrogen-bond acceptors (Lipinski definition) is 3. The topological polar surface area (TPSA) is 45.5 Å². The number of rotatable bonds is 9. The lowest BCUT2D eigenvalue weighted by molar-refractivity contribution is 0.195. The average molecular weight is 369 g/mol. The van der Waals surface area contributed by atoms with Crippen LogP contribution >= 0.6 is 11.3 Å². The number of aryl methyl sites for hydroxylation is 1.